The molecule has 1 N–H and O–H groups in total. The zero-order valence-corrected chi connectivity index (χ0v) is 20.1. The SMILES string of the molecule is Cc1cc(C)n(-c2ccc(Oc3ccc(NC(=O)c4cccc(Oc5ccc(F)cc5)c4)cc3)nn2)n1. The summed E-state index contributed by atoms with van der Waals surface area (Å²) in [6.45, 7) is 3.87. The summed E-state index contributed by atoms with van der Waals surface area (Å²) in [6, 6.07) is 24.8. The van der Waals surface area contributed by atoms with Crippen LogP contribution in [0.25, 0.3) is 5.82 Å². The third kappa shape index (κ3) is 5.79. The van der Waals surface area contributed by atoms with Crippen LogP contribution >= 0.6 is 0 Å². The Bertz CT molecular complexity index is 1530. The molecular formula is C28H22FN5O3. The molecule has 9 heteroatoms. The van der Waals surface area contributed by atoms with Gasteiger partial charge in [0.1, 0.15) is 23.1 Å². The number of rotatable bonds is 7. The molecule has 1 amide bonds. The summed E-state index contributed by atoms with van der Waals surface area (Å²) < 4.78 is 26.3. The normalized spacial score (nSPS) is 10.7. The molecule has 5 rings (SSSR count). The van der Waals surface area contributed by atoms with E-state index in [0.717, 1.165) is 11.4 Å². The van der Waals surface area contributed by atoms with E-state index >= 15 is 0 Å². The molecule has 184 valence electrons. The third-order valence-electron chi connectivity index (χ3n) is 5.33. The van der Waals surface area contributed by atoms with Gasteiger partial charge >= 0.3 is 0 Å². The molecule has 0 unspecified atom stereocenters. The molecule has 0 aliphatic carbocycles. The molecule has 37 heavy (non-hydrogen) atoms. The van der Waals surface area contributed by atoms with Crippen LogP contribution in [0.15, 0.2) is 91.0 Å². The second-order valence-electron chi connectivity index (χ2n) is 8.23. The lowest BCUT2D eigenvalue weighted by molar-refractivity contribution is 0.102. The van der Waals surface area contributed by atoms with E-state index in [4.69, 9.17) is 9.47 Å². The van der Waals surface area contributed by atoms with Crippen LogP contribution in [0, 0.1) is 19.7 Å². The molecule has 0 radical (unpaired) electrons. The highest BCUT2D eigenvalue weighted by Crippen LogP contribution is 2.24. The Morgan fingerprint density at radius 3 is 2.22 bits per heavy atom. The van der Waals surface area contributed by atoms with E-state index in [1.54, 1.807) is 65.3 Å². The van der Waals surface area contributed by atoms with Gasteiger partial charge in [0.25, 0.3) is 5.91 Å². The molecule has 5 aromatic rings. The van der Waals surface area contributed by atoms with E-state index < -0.39 is 0 Å². The Balaban J connectivity index is 1.20. The summed E-state index contributed by atoms with van der Waals surface area (Å²) in [5.41, 5.74) is 2.87. The van der Waals surface area contributed by atoms with Crippen molar-refractivity contribution in [3.8, 4) is 28.9 Å². The fourth-order valence-corrected chi connectivity index (χ4v) is 3.61. The first-order chi connectivity index (χ1) is 17.9. The Labute approximate surface area is 212 Å². The van der Waals surface area contributed by atoms with Crippen molar-refractivity contribution < 1.29 is 18.7 Å². The minimum absolute atomic E-state index is 0.302. The first-order valence-electron chi connectivity index (χ1n) is 11.4. The molecule has 0 spiro atoms. The van der Waals surface area contributed by atoms with Gasteiger partial charge in [-0.3, -0.25) is 4.79 Å². The van der Waals surface area contributed by atoms with E-state index in [1.165, 1.54) is 24.3 Å². The Kier molecular flexibility index (Phi) is 6.58. The Hall–Kier alpha value is -5.05. The lowest BCUT2D eigenvalue weighted by Gasteiger charge is -2.10. The van der Waals surface area contributed by atoms with Crippen molar-refractivity contribution in [2.24, 2.45) is 0 Å². The molecule has 0 saturated carbocycles. The van der Waals surface area contributed by atoms with Gasteiger partial charge in [0.15, 0.2) is 5.82 Å². The Morgan fingerprint density at radius 1 is 0.811 bits per heavy atom. The number of nitrogens with zero attached hydrogens (tertiary/aromatic N) is 4. The van der Waals surface area contributed by atoms with Crippen molar-refractivity contribution in [3.05, 3.63) is 114 Å². The van der Waals surface area contributed by atoms with Crippen molar-refractivity contribution in [2.45, 2.75) is 13.8 Å². The molecule has 3 aromatic carbocycles. The topological polar surface area (TPSA) is 91.2 Å². The van der Waals surface area contributed by atoms with E-state index in [9.17, 15) is 9.18 Å². The van der Waals surface area contributed by atoms with Gasteiger partial charge in [-0.1, -0.05) is 6.07 Å². The zero-order valence-electron chi connectivity index (χ0n) is 20.1. The summed E-state index contributed by atoms with van der Waals surface area (Å²) in [6.07, 6.45) is 0. The monoisotopic (exact) mass is 495 g/mol. The molecule has 0 bridgehead atoms. The molecule has 2 aromatic heterocycles. The molecular weight excluding hydrogens is 473 g/mol. The van der Waals surface area contributed by atoms with Crippen LogP contribution in [-0.2, 0) is 0 Å². The number of benzene rings is 3. The van der Waals surface area contributed by atoms with E-state index in [-0.39, 0.29) is 11.7 Å². The smallest absolute Gasteiger partial charge is 0.255 e. The van der Waals surface area contributed by atoms with Crippen LogP contribution in [0.1, 0.15) is 21.7 Å². The standard InChI is InChI=1S/C28H22FN5O3/c1-18-16-19(2)34(33-18)26-14-15-27(32-31-26)37-24-12-8-22(9-13-24)30-28(35)20-4-3-5-25(17-20)36-23-10-6-21(29)7-11-23/h3-17H,1-2H3,(H,30,35). The van der Waals surface area contributed by atoms with Crippen molar-refractivity contribution in [3.63, 3.8) is 0 Å². The van der Waals surface area contributed by atoms with Crippen molar-refractivity contribution in [2.75, 3.05) is 5.32 Å². The zero-order chi connectivity index (χ0) is 25.8. The fourth-order valence-electron chi connectivity index (χ4n) is 3.61. The second-order valence-corrected chi connectivity index (χ2v) is 8.23. The van der Waals surface area contributed by atoms with Gasteiger partial charge in [-0.15, -0.1) is 10.2 Å². The van der Waals surface area contributed by atoms with Gasteiger partial charge in [0.05, 0.1) is 5.69 Å². The number of nitrogens with one attached hydrogen (secondary N) is 1. The van der Waals surface area contributed by atoms with Gasteiger partial charge in [0.2, 0.25) is 5.88 Å². The van der Waals surface area contributed by atoms with Gasteiger partial charge in [-0.25, -0.2) is 9.07 Å². The lowest BCUT2D eigenvalue weighted by Crippen LogP contribution is -2.11. The number of anilines is 1. The molecule has 8 nitrogen and oxygen atoms in total. The molecule has 2 heterocycles. The number of ether oxygens (including phenoxy) is 2. The lowest BCUT2D eigenvalue weighted by atomic mass is 10.2. The van der Waals surface area contributed by atoms with Crippen molar-refractivity contribution in [1.29, 1.82) is 0 Å². The number of carbonyl (C=O) groups is 1. The fraction of sp³-hybridized carbons (Fsp3) is 0.0714. The number of amides is 1. The van der Waals surface area contributed by atoms with Crippen LogP contribution in [0.3, 0.4) is 0 Å². The highest BCUT2D eigenvalue weighted by molar-refractivity contribution is 6.04. The highest BCUT2D eigenvalue weighted by atomic mass is 19.1. The summed E-state index contributed by atoms with van der Waals surface area (Å²) in [7, 11) is 0. The number of halogens is 1. The van der Waals surface area contributed by atoms with Gasteiger partial charge in [-0.05, 0) is 92.7 Å². The minimum Gasteiger partial charge on any atom is -0.457 e. The molecule has 0 fully saturated rings. The average molecular weight is 496 g/mol. The number of hydrogen-bond donors (Lipinski definition) is 1. The predicted octanol–water partition coefficient (Wildman–Crippen LogP) is 6.26. The van der Waals surface area contributed by atoms with Crippen molar-refractivity contribution >= 4 is 11.6 Å². The maximum Gasteiger partial charge on any atom is 0.255 e. The summed E-state index contributed by atoms with van der Waals surface area (Å²) in [4.78, 5) is 12.7. The molecule has 0 saturated heterocycles. The van der Waals surface area contributed by atoms with E-state index in [0.29, 0.717) is 40.2 Å². The number of aryl methyl sites for hydroxylation is 2. The summed E-state index contributed by atoms with van der Waals surface area (Å²) in [5.74, 6) is 1.76. The molecule has 0 aliphatic heterocycles. The van der Waals surface area contributed by atoms with Gasteiger partial charge in [-0.2, -0.15) is 5.10 Å². The number of carbonyl (C=O) groups excluding carboxylic acids is 1. The minimum atomic E-state index is -0.349. The van der Waals surface area contributed by atoms with E-state index in [2.05, 4.69) is 20.6 Å². The average Bonchev–Trinajstić information content (AvgIpc) is 3.25. The summed E-state index contributed by atoms with van der Waals surface area (Å²) in [5, 5.41) is 15.5. The summed E-state index contributed by atoms with van der Waals surface area (Å²) >= 11 is 0. The first-order valence-corrected chi connectivity index (χ1v) is 11.4. The van der Waals surface area contributed by atoms with Crippen LogP contribution in [0.2, 0.25) is 0 Å². The van der Waals surface area contributed by atoms with Crippen LogP contribution in [0.5, 0.6) is 23.1 Å². The second kappa shape index (κ2) is 10.3. The van der Waals surface area contributed by atoms with Crippen LogP contribution in [0.4, 0.5) is 10.1 Å². The largest absolute Gasteiger partial charge is 0.457 e. The first kappa shape index (κ1) is 23.7. The quantitative estimate of drug-likeness (QED) is 0.287. The maximum absolute atomic E-state index is 13.1. The highest BCUT2D eigenvalue weighted by Gasteiger charge is 2.10. The molecule has 0 aliphatic rings. The van der Waals surface area contributed by atoms with Crippen molar-refractivity contribution in [1.82, 2.24) is 20.0 Å². The number of aromatic nitrogens is 4. The Morgan fingerprint density at radius 2 is 1.54 bits per heavy atom. The van der Waals surface area contributed by atoms with Gasteiger partial charge < -0.3 is 14.8 Å². The van der Waals surface area contributed by atoms with E-state index in [1.807, 2.05) is 19.9 Å². The third-order valence-corrected chi connectivity index (χ3v) is 5.33. The van der Waals surface area contributed by atoms with Crippen LogP contribution < -0.4 is 14.8 Å². The van der Waals surface area contributed by atoms with Gasteiger partial charge in [0, 0.05) is 23.0 Å². The van der Waals surface area contributed by atoms with Crippen LogP contribution in [-0.4, -0.2) is 25.9 Å². The maximum atomic E-state index is 13.1. The predicted molar refractivity (Wildman–Crippen MR) is 136 cm³/mol. The molecule has 0 atom stereocenters. The number of hydrogen-bond acceptors (Lipinski definition) is 6.